The van der Waals surface area contributed by atoms with Crippen LogP contribution < -0.4 is 0 Å². The van der Waals surface area contributed by atoms with Gasteiger partial charge in [-0.1, -0.05) is 43.3 Å². The number of carbonyl (C=O) groups is 2. The quantitative estimate of drug-likeness (QED) is 0.593. The van der Waals surface area contributed by atoms with Crippen LogP contribution in [-0.4, -0.2) is 51.3 Å². The van der Waals surface area contributed by atoms with Gasteiger partial charge in [0.15, 0.2) is 0 Å². The molecule has 2 aromatic carbocycles. The van der Waals surface area contributed by atoms with Crippen molar-refractivity contribution in [3.8, 4) is 11.3 Å². The average Bonchev–Trinajstić information content (AvgIpc) is 3.09. The molecule has 0 spiro atoms. The Hall–Kier alpha value is -3.19. The van der Waals surface area contributed by atoms with Gasteiger partial charge in [-0.15, -0.1) is 0 Å². The molecule has 0 aliphatic carbocycles. The highest BCUT2D eigenvalue weighted by atomic mass is 16.4. The number of H-pyrrole nitrogens is 1. The Labute approximate surface area is 163 Å². The zero-order chi connectivity index (χ0) is 20.8. The molecule has 3 N–H and O–H groups in total. The van der Waals surface area contributed by atoms with Gasteiger partial charge in [0.1, 0.15) is 5.69 Å². The molecule has 0 aliphatic heterocycles. The number of aliphatic carboxylic acids is 2. The Morgan fingerprint density at radius 3 is 2.18 bits per heavy atom. The van der Waals surface area contributed by atoms with Gasteiger partial charge in [0.25, 0.3) is 0 Å². The number of aromatic nitrogens is 2. The largest absolute Gasteiger partial charge is 0.473 e. The molecule has 3 aromatic rings. The van der Waals surface area contributed by atoms with Crippen LogP contribution in [0.25, 0.3) is 22.2 Å². The van der Waals surface area contributed by atoms with Crippen molar-refractivity contribution in [1.82, 2.24) is 15.1 Å². The maximum absolute atomic E-state index is 9.10. The number of rotatable bonds is 4. The fourth-order valence-electron chi connectivity index (χ4n) is 3.31. The zero-order valence-corrected chi connectivity index (χ0v) is 16.4. The Bertz CT molecular complexity index is 952. The second-order valence-electron chi connectivity index (χ2n) is 6.65. The van der Waals surface area contributed by atoms with Gasteiger partial charge in [-0.2, -0.15) is 5.10 Å². The first-order valence-electron chi connectivity index (χ1n) is 8.93. The number of nitrogens with zero attached hydrogens (tertiary/aromatic N) is 2. The summed E-state index contributed by atoms with van der Waals surface area (Å²) in [5.74, 6) is -3.65. The second-order valence-corrected chi connectivity index (χ2v) is 6.65. The van der Waals surface area contributed by atoms with Crippen molar-refractivity contribution >= 4 is 22.8 Å². The third kappa shape index (κ3) is 4.55. The highest BCUT2D eigenvalue weighted by molar-refractivity contribution is 6.27. The highest BCUT2D eigenvalue weighted by Gasteiger charge is 2.21. The topological polar surface area (TPSA) is 107 Å². The van der Waals surface area contributed by atoms with Crippen LogP contribution in [0.5, 0.6) is 0 Å². The fourth-order valence-corrected chi connectivity index (χ4v) is 3.31. The Kier molecular flexibility index (Phi) is 6.89. The number of fused-ring (bicyclic) bond motifs is 1. The van der Waals surface area contributed by atoms with E-state index in [4.69, 9.17) is 19.8 Å². The number of hydrogen-bond donors (Lipinski definition) is 3. The molecule has 1 aromatic heterocycles. The van der Waals surface area contributed by atoms with Crippen LogP contribution in [0, 0.1) is 6.92 Å². The highest BCUT2D eigenvalue weighted by Crippen LogP contribution is 2.36. The van der Waals surface area contributed by atoms with Gasteiger partial charge >= 0.3 is 11.9 Å². The van der Waals surface area contributed by atoms with Crippen molar-refractivity contribution in [2.24, 2.45) is 0 Å². The molecule has 0 amide bonds. The first-order valence-corrected chi connectivity index (χ1v) is 8.93. The molecule has 28 heavy (non-hydrogen) atoms. The molecule has 0 saturated heterocycles. The van der Waals surface area contributed by atoms with Gasteiger partial charge in [0.2, 0.25) is 0 Å². The molecular weight excluding hydrogens is 358 g/mol. The molecule has 0 radical (unpaired) electrons. The van der Waals surface area contributed by atoms with Gasteiger partial charge in [0.05, 0.1) is 5.52 Å². The van der Waals surface area contributed by atoms with Crippen LogP contribution in [0.2, 0.25) is 0 Å². The van der Waals surface area contributed by atoms with E-state index >= 15 is 0 Å². The van der Waals surface area contributed by atoms with Crippen LogP contribution in [0.3, 0.4) is 0 Å². The number of nitrogens with one attached hydrogen (secondary N) is 1. The summed E-state index contributed by atoms with van der Waals surface area (Å²) in [4.78, 5) is 20.5. The van der Waals surface area contributed by atoms with Gasteiger partial charge in [0, 0.05) is 17.0 Å². The zero-order valence-electron chi connectivity index (χ0n) is 16.4. The van der Waals surface area contributed by atoms with Crippen molar-refractivity contribution in [3.63, 3.8) is 0 Å². The molecule has 0 saturated carbocycles. The first kappa shape index (κ1) is 21.1. The third-order valence-corrected chi connectivity index (χ3v) is 4.56. The van der Waals surface area contributed by atoms with Crippen molar-refractivity contribution in [3.05, 3.63) is 53.6 Å². The Balaban J connectivity index is 0.000000409. The molecule has 7 heteroatoms. The van der Waals surface area contributed by atoms with E-state index in [9.17, 15) is 0 Å². The third-order valence-electron chi connectivity index (χ3n) is 4.56. The lowest BCUT2D eigenvalue weighted by Gasteiger charge is -2.26. The predicted octanol–water partition coefficient (Wildman–Crippen LogP) is 3.71. The first-order chi connectivity index (χ1) is 13.3. The predicted molar refractivity (Wildman–Crippen MR) is 108 cm³/mol. The maximum Gasteiger partial charge on any atom is 0.414 e. The summed E-state index contributed by atoms with van der Waals surface area (Å²) in [6.45, 7) is 4.44. The molecule has 1 atom stereocenters. The molecule has 0 aliphatic rings. The van der Waals surface area contributed by atoms with E-state index in [0.717, 1.165) is 23.2 Å². The molecule has 7 nitrogen and oxygen atoms in total. The lowest BCUT2D eigenvalue weighted by atomic mass is 9.92. The number of aromatic amines is 1. The molecule has 148 valence electrons. The lowest BCUT2D eigenvalue weighted by Crippen LogP contribution is -2.20. The van der Waals surface area contributed by atoms with Gasteiger partial charge < -0.3 is 15.1 Å². The number of hydrogen-bond acceptors (Lipinski definition) is 4. The number of carboxylic acids is 2. The van der Waals surface area contributed by atoms with Crippen molar-refractivity contribution in [2.75, 3.05) is 14.1 Å². The minimum absolute atomic E-state index is 0.392. The summed E-state index contributed by atoms with van der Waals surface area (Å²) in [5, 5.41) is 23.8. The van der Waals surface area contributed by atoms with E-state index in [0.29, 0.717) is 6.04 Å². The van der Waals surface area contributed by atoms with Gasteiger partial charge in [-0.25, -0.2) is 9.59 Å². The molecule has 1 heterocycles. The fraction of sp³-hybridized carbons (Fsp3) is 0.286. The lowest BCUT2D eigenvalue weighted by molar-refractivity contribution is -0.159. The monoisotopic (exact) mass is 383 g/mol. The van der Waals surface area contributed by atoms with Crippen LogP contribution in [0.15, 0.2) is 42.5 Å². The molecule has 3 rings (SSSR count). The second kappa shape index (κ2) is 9.14. The Morgan fingerprint density at radius 1 is 1.07 bits per heavy atom. The molecule has 1 unspecified atom stereocenters. The van der Waals surface area contributed by atoms with E-state index < -0.39 is 11.9 Å². The van der Waals surface area contributed by atoms with E-state index in [2.05, 4.69) is 79.4 Å². The van der Waals surface area contributed by atoms with Crippen LogP contribution in [0.1, 0.15) is 30.5 Å². The van der Waals surface area contributed by atoms with E-state index in [1.807, 2.05) is 6.07 Å². The summed E-state index contributed by atoms with van der Waals surface area (Å²) in [7, 11) is 4.30. The average molecular weight is 383 g/mol. The molecular formula is C21H25N3O4. The van der Waals surface area contributed by atoms with Crippen molar-refractivity contribution < 1.29 is 19.8 Å². The van der Waals surface area contributed by atoms with Gasteiger partial charge in [-0.3, -0.25) is 5.10 Å². The number of benzene rings is 2. The van der Waals surface area contributed by atoms with E-state index in [1.165, 1.54) is 16.5 Å². The SMILES string of the molecule is CCC(c1c(C)ccc2[nH]nc(-c3ccccc3)c12)N(C)C.O=C(O)C(=O)O. The standard InChI is InChI=1S/C19H23N3.C2H2O4/c1-5-16(22(3)4)17-13(2)11-12-15-18(17)19(21-20-15)14-9-7-6-8-10-14;3-1(4)2(5)6/h6-12,16H,5H2,1-4H3,(H,20,21);(H,3,4)(H,5,6). The summed E-state index contributed by atoms with van der Waals surface area (Å²) in [5.41, 5.74) is 6.03. The van der Waals surface area contributed by atoms with E-state index in [1.54, 1.807) is 0 Å². The maximum atomic E-state index is 9.10. The summed E-state index contributed by atoms with van der Waals surface area (Å²) in [6.07, 6.45) is 1.08. The number of aryl methyl sites for hydroxylation is 1. The smallest absolute Gasteiger partial charge is 0.414 e. The summed E-state index contributed by atoms with van der Waals surface area (Å²) >= 11 is 0. The summed E-state index contributed by atoms with van der Waals surface area (Å²) in [6, 6.07) is 15.1. The summed E-state index contributed by atoms with van der Waals surface area (Å²) < 4.78 is 0. The van der Waals surface area contributed by atoms with Crippen LogP contribution >= 0.6 is 0 Å². The number of carboxylic acid groups (broad SMARTS) is 2. The van der Waals surface area contributed by atoms with Crippen molar-refractivity contribution in [1.29, 1.82) is 0 Å². The Morgan fingerprint density at radius 2 is 1.68 bits per heavy atom. The minimum Gasteiger partial charge on any atom is -0.473 e. The van der Waals surface area contributed by atoms with Crippen molar-refractivity contribution in [2.45, 2.75) is 26.3 Å². The van der Waals surface area contributed by atoms with E-state index in [-0.39, 0.29) is 0 Å². The normalized spacial score (nSPS) is 11.8. The minimum atomic E-state index is -1.82. The molecule has 0 fully saturated rings. The molecule has 0 bridgehead atoms. The van der Waals surface area contributed by atoms with Gasteiger partial charge in [-0.05, 0) is 44.6 Å². The van der Waals surface area contributed by atoms with Crippen LogP contribution in [-0.2, 0) is 9.59 Å². The van der Waals surface area contributed by atoms with Crippen LogP contribution in [0.4, 0.5) is 0 Å².